The van der Waals surface area contributed by atoms with E-state index in [9.17, 15) is 4.79 Å². The highest BCUT2D eigenvalue weighted by Gasteiger charge is 2.28. The summed E-state index contributed by atoms with van der Waals surface area (Å²) >= 11 is 0. The third-order valence-electron chi connectivity index (χ3n) is 5.78. The molecular formula is C21H42IN5O. The molecule has 2 fully saturated rings. The zero-order valence-electron chi connectivity index (χ0n) is 18.3. The topological polar surface area (TPSA) is 68.8 Å². The minimum atomic E-state index is 0. The molecule has 3 atom stereocenters. The first kappa shape index (κ1) is 25.5. The van der Waals surface area contributed by atoms with E-state index in [0.29, 0.717) is 12.1 Å². The molecule has 1 saturated heterocycles. The lowest BCUT2D eigenvalue weighted by molar-refractivity contribution is -0.126. The van der Waals surface area contributed by atoms with E-state index in [1.807, 2.05) is 13.8 Å². The van der Waals surface area contributed by atoms with Gasteiger partial charge in [0.2, 0.25) is 5.91 Å². The van der Waals surface area contributed by atoms with Crippen LogP contribution in [0.1, 0.15) is 72.6 Å². The van der Waals surface area contributed by atoms with Crippen LogP contribution >= 0.6 is 24.0 Å². The van der Waals surface area contributed by atoms with E-state index in [2.05, 4.69) is 34.7 Å². The summed E-state index contributed by atoms with van der Waals surface area (Å²) in [5.41, 5.74) is 0. The normalized spacial score (nSPS) is 26.5. The fraction of sp³-hybridized carbons (Fsp3) is 0.905. The van der Waals surface area contributed by atoms with Crippen LogP contribution in [0.15, 0.2) is 4.99 Å². The number of guanidine groups is 1. The fourth-order valence-corrected chi connectivity index (χ4v) is 4.35. The number of likely N-dealkylation sites (N-methyl/N-ethyl adjacent to an activating group) is 1. The molecule has 6 nitrogen and oxygen atoms in total. The van der Waals surface area contributed by atoms with E-state index >= 15 is 0 Å². The Hall–Kier alpha value is -0.570. The highest BCUT2D eigenvalue weighted by atomic mass is 127. The predicted octanol–water partition coefficient (Wildman–Crippen LogP) is 3.12. The quantitative estimate of drug-likeness (QED) is 0.282. The van der Waals surface area contributed by atoms with Crippen LogP contribution < -0.4 is 16.0 Å². The number of rotatable bonds is 7. The maximum absolute atomic E-state index is 12.4. The Balaban J connectivity index is 0.00000392. The Bertz CT molecular complexity index is 485. The minimum absolute atomic E-state index is 0. The van der Waals surface area contributed by atoms with Crippen LogP contribution in [0.25, 0.3) is 0 Å². The van der Waals surface area contributed by atoms with E-state index in [0.717, 1.165) is 51.3 Å². The predicted molar refractivity (Wildman–Crippen MR) is 128 cm³/mol. The number of carbonyl (C=O) groups excluding carboxylic acids is 1. The van der Waals surface area contributed by atoms with E-state index < -0.39 is 0 Å². The minimum Gasteiger partial charge on any atom is -0.357 e. The molecule has 7 heteroatoms. The molecule has 164 valence electrons. The lowest BCUT2D eigenvalue weighted by atomic mass is 9.85. The van der Waals surface area contributed by atoms with Gasteiger partial charge in [-0.3, -0.25) is 14.7 Å². The summed E-state index contributed by atoms with van der Waals surface area (Å²) in [6.45, 7) is 12.4. The van der Waals surface area contributed by atoms with Gasteiger partial charge in [-0.05, 0) is 66.0 Å². The van der Waals surface area contributed by atoms with Crippen molar-refractivity contribution >= 4 is 35.8 Å². The van der Waals surface area contributed by atoms with Crippen molar-refractivity contribution in [3.05, 3.63) is 0 Å². The number of nitrogens with zero attached hydrogens (tertiary/aromatic N) is 2. The molecule has 0 spiro atoms. The van der Waals surface area contributed by atoms with Crippen molar-refractivity contribution in [2.24, 2.45) is 10.9 Å². The number of piperidine rings is 1. The van der Waals surface area contributed by atoms with Crippen molar-refractivity contribution in [1.82, 2.24) is 20.9 Å². The van der Waals surface area contributed by atoms with E-state index in [4.69, 9.17) is 4.99 Å². The van der Waals surface area contributed by atoms with Gasteiger partial charge in [0.05, 0.1) is 6.54 Å². The average Bonchev–Trinajstić information content (AvgIpc) is 2.66. The molecule has 3 N–H and O–H groups in total. The molecule has 1 amide bonds. The van der Waals surface area contributed by atoms with Crippen molar-refractivity contribution in [2.75, 3.05) is 26.2 Å². The molecule has 0 aromatic heterocycles. The third-order valence-corrected chi connectivity index (χ3v) is 5.78. The first-order valence-electron chi connectivity index (χ1n) is 11.1. The number of likely N-dealkylation sites (tertiary alicyclic amines) is 1. The number of aliphatic imine (C=N–C) groups is 1. The molecule has 2 aliphatic rings. The lowest BCUT2D eigenvalue weighted by Gasteiger charge is -2.34. The molecule has 2 rings (SSSR count). The molecule has 0 bridgehead atoms. The van der Waals surface area contributed by atoms with Gasteiger partial charge in [-0.2, -0.15) is 0 Å². The van der Waals surface area contributed by atoms with Gasteiger partial charge >= 0.3 is 0 Å². The summed E-state index contributed by atoms with van der Waals surface area (Å²) < 4.78 is 0. The van der Waals surface area contributed by atoms with Crippen molar-refractivity contribution < 1.29 is 4.79 Å². The third kappa shape index (κ3) is 8.43. The highest BCUT2D eigenvalue weighted by molar-refractivity contribution is 14.0. The van der Waals surface area contributed by atoms with Crippen LogP contribution in [-0.2, 0) is 4.79 Å². The number of hydrogen-bond acceptors (Lipinski definition) is 3. The first-order chi connectivity index (χ1) is 13.0. The Morgan fingerprint density at radius 2 is 1.93 bits per heavy atom. The number of halogens is 1. The molecule has 1 heterocycles. The lowest BCUT2D eigenvalue weighted by Crippen LogP contribution is -2.48. The summed E-state index contributed by atoms with van der Waals surface area (Å²) in [5, 5.41) is 10.1. The number of amides is 1. The van der Waals surface area contributed by atoms with Gasteiger partial charge in [0.25, 0.3) is 0 Å². The van der Waals surface area contributed by atoms with E-state index in [-0.39, 0.29) is 41.8 Å². The van der Waals surface area contributed by atoms with E-state index in [1.54, 1.807) is 0 Å². The van der Waals surface area contributed by atoms with Crippen molar-refractivity contribution in [3.8, 4) is 0 Å². The largest absolute Gasteiger partial charge is 0.357 e. The summed E-state index contributed by atoms with van der Waals surface area (Å²) in [4.78, 5) is 19.8. The Morgan fingerprint density at radius 3 is 2.61 bits per heavy atom. The zero-order valence-corrected chi connectivity index (χ0v) is 20.6. The number of hydrogen-bond donors (Lipinski definition) is 3. The Labute approximate surface area is 189 Å². The summed E-state index contributed by atoms with van der Waals surface area (Å²) in [7, 11) is 0. The first-order valence-corrected chi connectivity index (χ1v) is 11.1. The zero-order chi connectivity index (χ0) is 19.6. The second kappa shape index (κ2) is 13.6. The summed E-state index contributed by atoms with van der Waals surface area (Å²) in [6.07, 6.45) is 7.98. The monoisotopic (exact) mass is 507 g/mol. The van der Waals surface area contributed by atoms with Crippen LogP contribution in [0.3, 0.4) is 0 Å². The van der Waals surface area contributed by atoms with Crippen LogP contribution in [-0.4, -0.2) is 61.1 Å². The molecule has 28 heavy (non-hydrogen) atoms. The molecule has 0 aromatic carbocycles. The van der Waals surface area contributed by atoms with Crippen molar-refractivity contribution in [2.45, 2.75) is 90.8 Å². The van der Waals surface area contributed by atoms with Gasteiger partial charge in [-0.25, -0.2) is 0 Å². The number of nitrogens with one attached hydrogen (secondary N) is 3. The molecule has 0 radical (unpaired) electrons. The fourth-order valence-electron chi connectivity index (χ4n) is 4.35. The van der Waals surface area contributed by atoms with Gasteiger partial charge in [-0.15, -0.1) is 24.0 Å². The standard InChI is InChI=1S/C21H41N5O.HI/c1-5-22-21(23-15-19-12-7-8-13-26(19)6-2)25-18-11-9-10-17(14-18)20(27)24-16(3)4;/h16-19H,5-15H2,1-4H3,(H,24,27)(H2,22,23,25);1H. The molecule has 1 saturated carbocycles. The Morgan fingerprint density at radius 1 is 1.14 bits per heavy atom. The molecule has 1 aliphatic heterocycles. The molecule has 0 aromatic rings. The van der Waals surface area contributed by atoms with Crippen LogP contribution in [0.2, 0.25) is 0 Å². The second-order valence-electron chi connectivity index (χ2n) is 8.37. The van der Waals surface area contributed by atoms with Crippen LogP contribution in [0, 0.1) is 5.92 Å². The SMILES string of the molecule is CCNC(=NCC1CCCCN1CC)NC1CCCC(C(=O)NC(C)C)C1.I. The molecular weight excluding hydrogens is 465 g/mol. The van der Waals surface area contributed by atoms with Crippen LogP contribution in [0.5, 0.6) is 0 Å². The van der Waals surface area contributed by atoms with Crippen molar-refractivity contribution in [3.63, 3.8) is 0 Å². The summed E-state index contributed by atoms with van der Waals surface area (Å²) in [6, 6.07) is 1.10. The van der Waals surface area contributed by atoms with Gasteiger partial charge in [-0.1, -0.05) is 19.8 Å². The summed E-state index contributed by atoms with van der Waals surface area (Å²) in [5.74, 6) is 1.24. The van der Waals surface area contributed by atoms with Gasteiger partial charge in [0, 0.05) is 30.6 Å². The maximum atomic E-state index is 12.4. The smallest absolute Gasteiger partial charge is 0.223 e. The molecule has 1 aliphatic carbocycles. The van der Waals surface area contributed by atoms with Gasteiger partial charge < -0.3 is 16.0 Å². The Kier molecular flexibility index (Phi) is 12.4. The van der Waals surface area contributed by atoms with Gasteiger partial charge in [0.1, 0.15) is 0 Å². The second-order valence-corrected chi connectivity index (χ2v) is 8.37. The van der Waals surface area contributed by atoms with Crippen LogP contribution in [0.4, 0.5) is 0 Å². The highest BCUT2D eigenvalue weighted by Crippen LogP contribution is 2.24. The maximum Gasteiger partial charge on any atom is 0.223 e. The average molecular weight is 508 g/mol. The van der Waals surface area contributed by atoms with Gasteiger partial charge in [0.15, 0.2) is 5.96 Å². The van der Waals surface area contributed by atoms with E-state index in [1.165, 1.54) is 25.8 Å². The molecule has 3 unspecified atom stereocenters. The van der Waals surface area contributed by atoms with Crippen molar-refractivity contribution in [1.29, 1.82) is 0 Å². The number of carbonyl (C=O) groups is 1.